The fraction of sp³-hybridized carbons (Fsp3) is 0.914. The number of hydrogen-bond acceptors (Lipinski definition) is 7. The summed E-state index contributed by atoms with van der Waals surface area (Å²) in [7, 11) is 0. The Morgan fingerprint density at radius 3 is 2.52 bits per heavy atom. The van der Waals surface area contributed by atoms with Gasteiger partial charge in [0.05, 0.1) is 30.2 Å². The van der Waals surface area contributed by atoms with Crippen molar-refractivity contribution in [3.05, 3.63) is 11.3 Å². The van der Waals surface area contributed by atoms with Crippen molar-refractivity contribution < 1.29 is 34.0 Å². The van der Waals surface area contributed by atoms with Crippen molar-refractivity contribution in [1.29, 1.82) is 0 Å². The molecule has 0 amide bonds. The molecule has 2 aliphatic heterocycles. The smallest absolute Gasteiger partial charge is 0.303 e. The summed E-state index contributed by atoms with van der Waals surface area (Å²) in [5, 5.41) is 21.0. The number of allylic oxidation sites excluding steroid dienone is 2. The maximum absolute atomic E-state index is 11.9. The summed E-state index contributed by atoms with van der Waals surface area (Å²) < 4.78 is 24.9. The van der Waals surface area contributed by atoms with E-state index in [0.717, 1.165) is 37.4 Å². The van der Waals surface area contributed by atoms with E-state index in [0.29, 0.717) is 42.1 Å². The molecule has 7 rings (SSSR count). The summed E-state index contributed by atoms with van der Waals surface area (Å²) in [4.78, 5) is 11.9. The monoisotopic (exact) mass is 586 g/mol. The molecule has 42 heavy (non-hydrogen) atoms. The maximum Gasteiger partial charge on any atom is 0.303 e. The van der Waals surface area contributed by atoms with E-state index in [1.54, 1.807) is 13.8 Å². The molecule has 4 saturated carbocycles. The van der Waals surface area contributed by atoms with Gasteiger partial charge in [-0.15, -0.1) is 0 Å². The van der Waals surface area contributed by atoms with Crippen molar-refractivity contribution >= 4 is 5.97 Å². The Hall–Kier alpha value is -1.15. The molecule has 0 aromatic heterocycles. The Balaban J connectivity index is 1.08. The zero-order valence-corrected chi connectivity index (χ0v) is 26.7. The first kappa shape index (κ1) is 29.6. The summed E-state index contributed by atoms with van der Waals surface area (Å²) in [6.45, 7) is 12.8. The van der Waals surface area contributed by atoms with E-state index in [1.165, 1.54) is 51.0 Å². The molecule has 7 aliphatic rings. The molecular formula is C35H54O7. The van der Waals surface area contributed by atoms with Gasteiger partial charge in [0, 0.05) is 19.8 Å². The Bertz CT molecular complexity index is 1140. The van der Waals surface area contributed by atoms with E-state index in [-0.39, 0.29) is 41.4 Å². The first-order valence-corrected chi connectivity index (χ1v) is 17.0. The number of carbonyl (C=O) groups is 1. The third kappa shape index (κ3) is 4.22. The van der Waals surface area contributed by atoms with E-state index < -0.39 is 11.7 Å². The number of fused-ring (bicyclic) bond motifs is 3. The predicted molar refractivity (Wildman–Crippen MR) is 157 cm³/mol. The van der Waals surface area contributed by atoms with E-state index in [2.05, 4.69) is 20.8 Å². The van der Waals surface area contributed by atoms with Gasteiger partial charge < -0.3 is 29.2 Å². The molecule has 1 saturated heterocycles. The van der Waals surface area contributed by atoms with Crippen molar-refractivity contribution in [1.82, 2.24) is 0 Å². The van der Waals surface area contributed by atoms with Crippen LogP contribution in [0.1, 0.15) is 119 Å². The Morgan fingerprint density at radius 1 is 1.02 bits per heavy atom. The molecule has 2 spiro atoms. The number of aliphatic hydroxyl groups excluding tert-OH is 1. The SMILES string of the molecule is CC(=O)OC(C1CCC2=C(CC3C4CCC5C(C)(C)C(OC6CC(O)CCO6)CCC56CC46CC[C@]23C)O1)C(C)(C)O. The van der Waals surface area contributed by atoms with Gasteiger partial charge in [-0.05, 0) is 123 Å². The number of hydrogen-bond donors (Lipinski definition) is 2. The lowest BCUT2D eigenvalue weighted by molar-refractivity contribution is -0.247. The van der Waals surface area contributed by atoms with Crippen molar-refractivity contribution in [3.63, 3.8) is 0 Å². The Kier molecular flexibility index (Phi) is 6.81. The number of rotatable bonds is 5. The molecule has 5 fully saturated rings. The van der Waals surface area contributed by atoms with E-state index in [9.17, 15) is 15.0 Å². The molecular weight excluding hydrogens is 532 g/mol. The number of carbonyl (C=O) groups excluding carboxylic acids is 1. The van der Waals surface area contributed by atoms with Gasteiger partial charge in [0.1, 0.15) is 6.10 Å². The molecule has 2 N–H and O–H groups in total. The minimum Gasteiger partial charge on any atom is -0.491 e. The standard InChI is InChI=1S/C35H54O7/c1-20(36)40-30(32(4,5)38)25-9-7-23-26(41-25)18-24-22-8-10-27-31(2,3)28(42-29-17-21(37)12-16-39-29)11-13-35(27)19-34(22,35)15-14-33(23,24)6/h21-22,24-25,27-30,37-38H,7-19H2,1-6H3/t21?,22?,24?,25?,27?,28?,29?,30?,33-,34?,35?/m1/s1. The highest BCUT2D eigenvalue weighted by Gasteiger charge is 2.80. The molecule has 7 heteroatoms. The van der Waals surface area contributed by atoms with E-state index in [4.69, 9.17) is 18.9 Å². The third-order valence-electron chi connectivity index (χ3n) is 13.9. The molecule has 0 bridgehead atoms. The number of esters is 1. The summed E-state index contributed by atoms with van der Waals surface area (Å²) in [6.07, 6.45) is 11.5. The van der Waals surface area contributed by atoms with Crippen LogP contribution >= 0.6 is 0 Å². The van der Waals surface area contributed by atoms with Gasteiger partial charge in [0.15, 0.2) is 12.4 Å². The lowest BCUT2D eigenvalue weighted by Gasteiger charge is -2.59. The average Bonchev–Trinajstić information content (AvgIpc) is 3.48. The van der Waals surface area contributed by atoms with Crippen molar-refractivity contribution in [2.45, 2.75) is 155 Å². The second-order valence-corrected chi connectivity index (χ2v) is 16.7. The van der Waals surface area contributed by atoms with Gasteiger partial charge in [-0.3, -0.25) is 4.79 Å². The maximum atomic E-state index is 11.9. The zero-order valence-electron chi connectivity index (χ0n) is 26.7. The Morgan fingerprint density at radius 2 is 1.81 bits per heavy atom. The molecule has 0 aromatic rings. The van der Waals surface area contributed by atoms with E-state index >= 15 is 0 Å². The minimum absolute atomic E-state index is 0.0888. The van der Waals surface area contributed by atoms with Crippen LogP contribution in [0.3, 0.4) is 0 Å². The lowest BCUT2D eigenvalue weighted by atomic mass is 9.46. The first-order chi connectivity index (χ1) is 19.7. The van der Waals surface area contributed by atoms with Crippen LogP contribution in [-0.4, -0.2) is 59.1 Å². The Labute approximate surface area is 252 Å². The zero-order chi connectivity index (χ0) is 29.9. The van der Waals surface area contributed by atoms with Gasteiger partial charge in [0.25, 0.3) is 0 Å². The molecule has 11 atom stereocenters. The van der Waals surface area contributed by atoms with Crippen molar-refractivity contribution in [2.24, 2.45) is 39.4 Å². The topological polar surface area (TPSA) is 94.5 Å². The third-order valence-corrected chi connectivity index (χ3v) is 13.9. The highest BCUT2D eigenvalue weighted by molar-refractivity contribution is 5.66. The summed E-state index contributed by atoms with van der Waals surface area (Å²) in [5.74, 6) is 2.77. The molecule has 5 aliphatic carbocycles. The van der Waals surface area contributed by atoms with Crippen LogP contribution in [0.15, 0.2) is 11.3 Å². The van der Waals surface area contributed by atoms with Gasteiger partial charge in [-0.25, -0.2) is 0 Å². The average molecular weight is 587 g/mol. The van der Waals surface area contributed by atoms with Crippen molar-refractivity contribution in [3.8, 4) is 0 Å². The number of aliphatic hydroxyl groups is 2. The second kappa shape index (κ2) is 9.67. The van der Waals surface area contributed by atoms with Crippen LogP contribution in [0.4, 0.5) is 0 Å². The largest absolute Gasteiger partial charge is 0.491 e. The second-order valence-electron chi connectivity index (χ2n) is 16.7. The predicted octanol–water partition coefficient (Wildman–Crippen LogP) is 6.05. The van der Waals surface area contributed by atoms with Crippen molar-refractivity contribution in [2.75, 3.05) is 6.61 Å². The van der Waals surface area contributed by atoms with Gasteiger partial charge in [-0.1, -0.05) is 20.8 Å². The molecule has 10 unspecified atom stereocenters. The normalized spacial score (nSPS) is 48.0. The molecule has 2 heterocycles. The van der Waals surface area contributed by atoms with Gasteiger partial charge in [0.2, 0.25) is 0 Å². The highest BCUT2D eigenvalue weighted by Crippen LogP contribution is 2.87. The molecule has 0 aromatic carbocycles. The fourth-order valence-corrected chi connectivity index (χ4v) is 12.0. The molecule has 7 nitrogen and oxygen atoms in total. The first-order valence-electron chi connectivity index (χ1n) is 17.0. The molecule has 236 valence electrons. The van der Waals surface area contributed by atoms with Crippen LogP contribution < -0.4 is 0 Å². The molecule has 0 radical (unpaired) electrons. The van der Waals surface area contributed by atoms with Crippen LogP contribution in [0.25, 0.3) is 0 Å². The van der Waals surface area contributed by atoms with Crippen LogP contribution in [0, 0.1) is 39.4 Å². The lowest BCUT2D eigenvalue weighted by Crippen LogP contribution is -2.55. The number of ether oxygens (including phenoxy) is 4. The van der Waals surface area contributed by atoms with E-state index in [1.807, 2.05) is 0 Å². The van der Waals surface area contributed by atoms with Crippen LogP contribution in [-0.2, 0) is 23.7 Å². The summed E-state index contributed by atoms with van der Waals surface area (Å²) in [5.41, 5.74) is 1.51. The van der Waals surface area contributed by atoms with Gasteiger partial charge >= 0.3 is 5.97 Å². The summed E-state index contributed by atoms with van der Waals surface area (Å²) in [6, 6.07) is 0. The highest BCUT2D eigenvalue weighted by atomic mass is 16.7. The van der Waals surface area contributed by atoms with Gasteiger partial charge in [-0.2, -0.15) is 0 Å². The fourth-order valence-electron chi connectivity index (χ4n) is 12.0. The van der Waals surface area contributed by atoms with Crippen LogP contribution in [0.2, 0.25) is 0 Å². The minimum atomic E-state index is -1.16. The quantitative estimate of drug-likeness (QED) is 0.299. The summed E-state index contributed by atoms with van der Waals surface area (Å²) >= 11 is 0. The van der Waals surface area contributed by atoms with Crippen LogP contribution in [0.5, 0.6) is 0 Å².